The molecule has 0 aliphatic rings. The fraction of sp³-hybridized carbons (Fsp3) is 0.526. The number of aromatic nitrogens is 1. The first-order chi connectivity index (χ1) is 14.3. The molecule has 12 heteroatoms. The van der Waals surface area contributed by atoms with Gasteiger partial charge in [-0.2, -0.15) is 0 Å². The maximum Gasteiger partial charge on any atom is 0.230 e. The van der Waals surface area contributed by atoms with E-state index < -0.39 is 10.4 Å². The number of aryl methyl sites for hydroxylation is 2. The zero-order valence-corrected chi connectivity index (χ0v) is 21.3. The van der Waals surface area contributed by atoms with Crippen LogP contribution < -0.4 is 4.90 Å². The zero-order chi connectivity index (χ0) is 23.8. The first kappa shape index (κ1) is 27.4. The third-order valence-corrected chi connectivity index (χ3v) is 5.85. The molecule has 0 saturated carbocycles. The van der Waals surface area contributed by atoms with Gasteiger partial charge in [0.25, 0.3) is 0 Å². The molecule has 0 N–H and O–H groups in total. The second-order valence-electron chi connectivity index (χ2n) is 7.64. The Bertz CT molecular complexity index is 968. The number of halogens is 1. The summed E-state index contributed by atoms with van der Waals surface area (Å²) in [4.78, 5) is 7.85. The van der Waals surface area contributed by atoms with Crippen LogP contribution in [0, 0.1) is 13.8 Å². The van der Waals surface area contributed by atoms with E-state index in [0.717, 1.165) is 47.5 Å². The van der Waals surface area contributed by atoms with E-state index in [2.05, 4.69) is 58.4 Å². The Kier molecular flexibility index (Phi) is 10.5. The molecule has 0 atom stereocenters. The molecule has 1 aromatic carbocycles. The third-order valence-electron chi connectivity index (χ3n) is 4.18. The molecule has 0 amide bonds. The number of hydrogen-bond acceptors (Lipinski definition) is 9. The van der Waals surface area contributed by atoms with Crippen molar-refractivity contribution in [3.8, 4) is 0 Å². The second-order valence-corrected chi connectivity index (χ2v) is 10.4. The van der Waals surface area contributed by atoms with E-state index in [1.807, 2.05) is 26.0 Å². The molecule has 2 aromatic rings. The van der Waals surface area contributed by atoms with Gasteiger partial charge in [0, 0.05) is 17.1 Å². The smallest absolute Gasteiger partial charge is 0.230 e. The Balaban J connectivity index is 0.000000703. The third kappa shape index (κ3) is 10.5. The van der Waals surface area contributed by atoms with Crippen molar-refractivity contribution in [3.63, 3.8) is 0 Å². The molecule has 1 heterocycles. The summed E-state index contributed by atoms with van der Waals surface area (Å²) in [5.74, 6) is 0. The molecule has 0 fully saturated rings. The number of anilines is 1. The minimum atomic E-state index is -4.41. The van der Waals surface area contributed by atoms with Gasteiger partial charge < -0.3 is 13.9 Å². The van der Waals surface area contributed by atoms with Gasteiger partial charge >= 0.3 is 0 Å². The van der Waals surface area contributed by atoms with Crippen molar-refractivity contribution in [2.24, 2.45) is 10.2 Å². The van der Waals surface area contributed by atoms with E-state index in [1.54, 1.807) is 0 Å². The summed E-state index contributed by atoms with van der Waals surface area (Å²) in [7, 11) is 3.00. The SMILES string of the molecule is CCN(CC[N+](C)(C)C)c1ccc(/N=N/c2nc(C)c(C)s2)c(Cl)c1.COS(=O)(=O)[O-]. The largest absolute Gasteiger partial charge is 0.726 e. The Morgan fingerprint density at radius 3 is 2.29 bits per heavy atom. The number of benzene rings is 1. The average Bonchev–Trinajstić information content (AvgIpc) is 2.98. The molecule has 2 rings (SSSR count). The van der Waals surface area contributed by atoms with Gasteiger partial charge in [0.1, 0.15) is 5.69 Å². The lowest BCUT2D eigenvalue weighted by molar-refractivity contribution is -0.868. The van der Waals surface area contributed by atoms with Crippen molar-refractivity contribution in [1.82, 2.24) is 4.98 Å². The van der Waals surface area contributed by atoms with Crippen LogP contribution in [-0.2, 0) is 14.6 Å². The van der Waals surface area contributed by atoms with Crippen LogP contribution in [0.15, 0.2) is 28.4 Å². The molecule has 0 aliphatic heterocycles. The molecule has 0 radical (unpaired) electrons. The molecule has 0 spiro atoms. The lowest BCUT2D eigenvalue weighted by atomic mass is 10.2. The van der Waals surface area contributed by atoms with E-state index in [4.69, 9.17) is 11.6 Å². The summed E-state index contributed by atoms with van der Waals surface area (Å²) in [6, 6.07) is 5.94. The summed E-state index contributed by atoms with van der Waals surface area (Å²) >= 11 is 7.96. The van der Waals surface area contributed by atoms with E-state index in [1.165, 1.54) is 11.3 Å². The highest BCUT2D eigenvalue weighted by molar-refractivity contribution is 7.80. The Morgan fingerprint density at radius 2 is 1.87 bits per heavy atom. The first-order valence-electron chi connectivity index (χ1n) is 9.48. The second kappa shape index (κ2) is 11.8. The van der Waals surface area contributed by atoms with Crippen molar-refractivity contribution in [2.75, 3.05) is 52.8 Å². The van der Waals surface area contributed by atoms with Gasteiger partial charge in [-0.05, 0) is 39.0 Å². The minimum absolute atomic E-state index is 0.606. The van der Waals surface area contributed by atoms with Gasteiger partial charge in [0.2, 0.25) is 15.5 Å². The first-order valence-corrected chi connectivity index (χ1v) is 12.0. The number of azo groups is 1. The number of likely N-dealkylation sites (N-methyl/N-ethyl adjacent to an activating group) is 2. The summed E-state index contributed by atoms with van der Waals surface area (Å²) in [5, 5.41) is 9.74. The van der Waals surface area contributed by atoms with Gasteiger partial charge in [0.05, 0.1) is 52.1 Å². The predicted molar refractivity (Wildman–Crippen MR) is 125 cm³/mol. The molecule has 0 aliphatic carbocycles. The van der Waals surface area contributed by atoms with Crippen molar-refractivity contribution in [3.05, 3.63) is 33.8 Å². The molecule has 0 bridgehead atoms. The van der Waals surface area contributed by atoms with Crippen LogP contribution >= 0.6 is 22.9 Å². The molecule has 1 aromatic heterocycles. The van der Waals surface area contributed by atoms with Crippen LogP contribution in [0.5, 0.6) is 0 Å². The minimum Gasteiger partial charge on any atom is -0.726 e. The molecule has 174 valence electrons. The summed E-state index contributed by atoms with van der Waals surface area (Å²) in [5.41, 5.74) is 2.77. The summed E-state index contributed by atoms with van der Waals surface area (Å²) in [6.45, 7) is 9.15. The van der Waals surface area contributed by atoms with E-state index >= 15 is 0 Å². The van der Waals surface area contributed by atoms with Crippen molar-refractivity contribution < 1.29 is 21.6 Å². The standard InChI is InChI=1S/C18H27ClN5S.CH4O4S/c1-7-23(10-11-24(4,5)6)15-8-9-17(16(19)12-15)21-22-18-20-13(2)14(3)25-18;1-5-6(2,3)4/h8-9,12H,7,10-11H2,1-6H3;1H3,(H,2,3,4)/q+1;/p-1/b22-21+;. The van der Waals surface area contributed by atoms with Gasteiger partial charge in [0.15, 0.2) is 0 Å². The maximum absolute atomic E-state index is 9.22. The number of quaternary nitrogens is 1. The molecule has 31 heavy (non-hydrogen) atoms. The Hall–Kier alpha value is -1.63. The van der Waals surface area contributed by atoms with Crippen LogP contribution in [0.4, 0.5) is 16.5 Å². The summed E-state index contributed by atoms with van der Waals surface area (Å²) < 4.78 is 32.0. The molecular weight excluding hydrogens is 462 g/mol. The Labute approximate surface area is 193 Å². The number of thiazole rings is 1. The highest BCUT2D eigenvalue weighted by Gasteiger charge is 2.13. The molecule has 0 saturated heterocycles. The number of nitrogens with zero attached hydrogens (tertiary/aromatic N) is 5. The van der Waals surface area contributed by atoms with Gasteiger partial charge in [-0.1, -0.05) is 22.9 Å². The van der Waals surface area contributed by atoms with E-state index in [9.17, 15) is 13.0 Å². The van der Waals surface area contributed by atoms with Crippen LogP contribution in [0.25, 0.3) is 0 Å². The van der Waals surface area contributed by atoms with Crippen LogP contribution in [0.1, 0.15) is 17.5 Å². The van der Waals surface area contributed by atoms with Crippen molar-refractivity contribution in [2.45, 2.75) is 20.8 Å². The number of rotatable bonds is 8. The van der Waals surface area contributed by atoms with Crippen LogP contribution in [-0.4, -0.2) is 70.3 Å². The van der Waals surface area contributed by atoms with E-state index in [0.29, 0.717) is 15.8 Å². The van der Waals surface area contributed by atoms with Crippen LogP contribution in [0.2, 0.25) is 5.02 Å². The van der Waals surface area contributed by atoms with E-state index in [-0.39, 0.29) is 0 Å². The van der Waals surface area contributed by atoms with Crippen molar-refractivity contribution in [1.29, 1.82) is 0 Å². The van der Waals surface area contributed by atoms with Gasteiger partial charge in [-0.3, -0.25) is 4.18 Å². The Morgan fingerprint density at radius 1 is 1.26 bits per heavy atom. The lowest BCUT2D eigenvalue weighted by Gasteiger charge is -2.29. The normalized spacial score (nSPS) is 12.0. The molecular formula is C19H30ClN5O4S2. The van der Waals surface area contributed by atoms with Crippen LogP contribution in [0.3, 0.4) is 0 Å². The van der Waals surface area contributed by atoms with Gasteiger partial charge in [-0.15, -0.1) is 10.2 Å². The fourth-order valence-corrected chi connectivity index (χ4v) is 3.20. The monoisotopic (exact) mass is 491 g/mol. The van der Waals surface area contributed by atoms with Gasteiger partial charge in [-0.25, -0.2) is 13.4 Å². The zero-order valence-electron chi connectivity index (χ0n) is 18.9. The average molecular weight is 492 g/mol. The quantitative estimate of drug-likeness (QED) is 0.233. The highest BCUT2D eigenvalue weighted by Crippen LogP contribution is 2.32. The summed E-state index contributed by atoms with van der Waals surface area (Å²) in [6.07, 6.45) is 0. The molecule has 0 unspecified atom stereocenters. The lowest BCUT2D eigenvalue weighted by Crippen LogP contribution is -2.42. The fourth-order valence-electron chi connectivity index (χ4n) is 2.26. The maximum atomic E-state index is 9.22. The number of hydrogen-bond donors (Lipinski definition) is 0. The topological polar surface area (TPSA) is 107 Å². The van der Waals surface area contributed by atoms with Crippen molar-refractivity contribution >= 4 is 49.8 Å². The predicted octanol–water partition coefficient (Wildman–Crippen LogP) is 4.45. The molecule has 9 nitrogen and oxygen atoms in total. The highest BCUT2D eigenvalue weighted by atomic mass is 35.5.